The summed E-state index contributed by atoms with van der Waals surface area (Å²) < 4.78 is 45.5. The van der Waals surface area contributed by atoms with Crippen LogP contribution in [0.1, 0.15) is 24.2 Å². The lowest BCUT2D eigenvalue weighted by Gasteiger charge is -2.61. The van der Waals surface area contributed by atoms with Crippen LogP contribution in [0.3, 0.4) is 0 Å². The normalized spacial score (nSPS) is 25.0. The monoisotopic (exact) mass is 374 g/mol. The molecule has 0 bridgehead atoms. The van der Waals surface area contributed by atoms with Gasteiger partial charge in [0.25, 0.3) is 0 Å². The smallest absolute Gasteiger partial charge is 0.381 e. The second-order valence-corrected chi connectivity index (χ2v) is 8.37. The Bertz CT molecular complexity index is 637. The minimum atomic E-state index is -4.44. The molecule has 0 saturated carbocycles. The maximum absolute atomic E-state index is 12.7. The van der Waals surface area contributed by atoms with Gasteiger partial charge in [-0.3, -0.25) is 4.90 Å². The minimum Gasteiger partial charge on any atom is -0.381 e. The van der Waals surface area contributed by atoms with E-state index in [4.69, 9.17) is 4.74 Å². The van der Waals surface area contributed by atoms with Crippen LogP contribution in [-0.2, 0) is 10.9 Å². The number of hydrogen-bond donors (Lipinski definition) is 0. The average molecular weight is 374 g/mol. The van der Waals surface area contributed by atoms with Crippen molar-refractivity contribution in [2.75, 3.05) is 39.4 Å². The first-order valence-electron chi connectivity index (χ1n) is 8.50. The Hall–Kier alpha value is -0.900. The molecule has 4 heterocycles. The van der Waals surface area contributed by atoms with Crippen molar-refractivity contribution in [2.24, 2.45) is 5.41 Å². The summed E-state index contributed by atoms with van der Waals surface area (Å²) in [5, 5.41) is 0.559. The van der Waals surface area contributed by atoms with E-state index in [-0.39, 0.29) is 0 Å². The van der Waals surface area contributed by atoms with Gasteiger partial charge >= 0.3 is 6.18 Å². The zero-order valence-electron chi connectivity index (χ0n) is 14.1. The molecular formula is C16H21F3N4OS. The molecule has 9 heteroatoms. The maximum atomic E-state index is 12.7. The predicted octanol–water partition coefficient (Wildman–Crippen LogP) is 2.61. The zero-order valence-corrected chi connectivity index (χ0v) is 14.9. The van der Waals surface area contributed by atoms with Crippen molar-refractivity contribution in [3.8, 4) is 0 Å². The van der Waals surface area contributed by atoms with Crippen LogP contribution in [0.2, 0.25) is 0 Å². The highest BCUT2D eigenvalue weighted by Gasteiger charge is 2.53. The van der Waals surface area contributed by atoms with Crippen LogP contribution in [0.5, 0.6) is 0 Å². The van der Waals surface area contributed by atoms with Gasteiger partial charge < -0.3 is 4.74 Å². The van der Waals surface area contributed by atoms with Crippen LogP contribution in [0.25, 0.3) is 0 Å². The number of alkyl halides is 3. The van der Waals surface area contributed by atoms with Gasteiger partial charge in [0.15, 0.2) is 5.69 Å². The van der Waals surface area contributed by atoms with Crippen LogP contribution in [0.4, 0.5) is 13.2 Å². The lowest BCUT2D eigenvalue weighted by molar-refractivity contribution is -0.141. The standard InChI is InChI=1S/C16H21F3N4OS/c1-11-14(20-6-13(21-11)16(17,18)19)25-23-9-15(10-23)7-22(8-15)12-2-4-24-5-3-12/h6,12H,2-5,7-10H2,1H3. The van der Waals surface area contributed by atoms with Crippen LogP contribution >= 0.6 is 11.9 Å². The van der Waals surface area contributed by atoms with Crippen molar-refractivity contribution < 1.29 is 17.9 Å². The van der Waals surface area contributed by atoms with E-state index in [9.17, 15) is 13.2 Å². The Kier molecular flexibility index (Phi) is 4.46. The molecule has 0 aromatic carbocycles. The SMILES string of the molecule is Cc1nc(C(F)(F)F)cnc1SN1CC2(C1)CN(C1CCOCC1)C2. The third-order valence-electron chi connectivity index (χ3n) is 5.22. The number of aromatic nitrogens is 2. The number of aryl methyl sites for hydroxylation is 1. The number of hydrogen-bond acceptors (Lipinski definition) is 6. The molecule has 0 unspecified atom stereocenters. The average Bonchev–Trinajstić information content (AvgIpc) is 2.49. The largest absolute Gasteiger partial charge is 0.434 e. The minimum absolute atomic E-state index is 0.332. The second kappa shape index (κ2) is 6.37. The van der Waals surface area contributed by atoms with Crippen molar-refractivity contribution in [1.82, 2.24) is 19.2 Å². The van der Waals surface area contributed by atoms with Crippen LogP contribution in [0, 0.1) is 12.3 Å². The Labute approximate surface area is 149 Å². The third-order valence-corrected chi connectivity index (χ3v) is 6.31. The molecule has 3 aliphatic rings. The van der Waals surface area contributed by atoms with E-state index in [1.807, 2.05) is 0 Å². The quantitative estimate of drug-likeness (QED) is 0.758. The van der Waals surface area contributed by atoms with E-state index in [0.29, 0.717) is 22.2 Å². The van der Waals surface area contributed by atoms with E-state index in [1.54, 1.807) is 6.92 Å². The molecule has 3 saturated heterocycles. The molecule has 0 aliphatic carbocycles. The molecule has 0 radical (unpaired) electrons. The second-order valence-electron chi connectivity index (χ2n) is 7.28. The lowest BCUT2D eigenvalue weighted by atomic mass is 9.73. The van der Waals surface area contributed by atoms with Gasteiger partial charge in [-0.1, -0.05) is 0 Å². The predicted molar refractivity (Wildman–Crippen MR) is 87.0 cm³/mol. The molecule has 25 heavy (non-hydrogen) atoms. The Morgan fingerprint density at radius 1 is 1.20 bits per heavy atom. The summed E-state index contributed by atoms with van der Waals surface area (Å²) in [5.74, 6) is 0. The van der Waals surface area contributed by atoms with E-state index in [1.165, 1.54) is 11.9 Å². The Morgan fingerprint density at radius 2 is 1.88 bits per heavy atom. The van der Waals surface area contributed by atoms with Gasteiger partial charge in [-0.25, -0.2) is 14.3 Å². The summed E-state index contributed by atoms with van der Waals surface area (Å²) in [7, 11) is 0. The van der Waals surface area contributed by atoms with Crippen molar-refractivity contribution >= 4 is 11.9 Å². The van der Waals surface area contributed by atoms with Crippen molar-refractivity contribution in [3.63, 3.8) is 0 Å². The molecule has 1 spiro atoms. The number of likely N-dealkylation sites (tertiary alicyclic amines) is 1. The van der Waals surface area contributed by atoms with Crippen LogP contribution < -0.4 is 0 Å². The van der Waals surface area contributed by atoms with Gasteiger partial charge in [-0.2, -0.15) is 13.2 Å². The highest BCUT2D eigenvalue weighted by atomic mass is 32.2. The van der Waals surface area contributed by atoms with Gasteiger partial charge in [0, 0.05) is 50.8 Å². The molecular weight excluding hydrogens is 353 g/mol. The molecule has 1 aromatic heterocycles. The van der Waals surface area contributed by atoms with Gasteiger partial charge in [-0.05, 0) is 31.7 Å². The highest BCUT2D eigenvalue weighted by Crippen LogP contribution is 2.45. The van der Waals surface area contributed by atoms with Crippen molar-refractivity contribution in [2.45, 2.75) is 37.0 Å². The van der Waals surface area contributed by atoms with Gasteiger partial charge in [0.1, 0.15) is 5.03 Å². The number of halogens is 3. The molecule has 0 atom stereocenters. The molecule has 0 amide bonds. The summed E-state index contributed by atoms with van der Waals surface area (Å²) in [4.78, 5) is 10.2. The Morgan fingerprint density at radius 3 is 2.48 bits per heavy atom. The molecule has 0 N–H and O–H groups in total. The van der Waals surface area contributed by atoms with Crippen molar-refractivity contribution in [1.29, 1.82) is 0 Å². The van der Waals surface area contributed by atoms with E-state index < -0.39 is 11.9 Å². The third kappa shape index (κ3) is 3.51. The summed E-state index contributed by atoms with van der Waals surface area (Å²) >= 11 is 1.42. The fourth-order valence-corrected chi connectivity index (χ4v) is 5.11. The summed E-state index contributed by atoms with van der Waals surface area (Å²) in [6, 6.07) is 0.657. The van der Waals surface area contributed by atoms with E-state index in [0.717, 1.165) is 58.4 Å². The highest BCUT2D eigenvalue weighted by molar-refractivity contribution is 7.97. The van der Waals surface area contributed by atoms with Gasteiger partial charge in [-0.15, -0.1) is 0 Å². The first-order valence-corrected chi connectivity index (χ1v) is 9.28. The summed E-state index contributed by atoms with van der Waals surface area (Å²) in [5.41, 5.74) is -0.239. The van der Waals surface area contributed by atoms with Gasteiger partial charge in [0.2, 0.25) is 0 Å². The fraction of sp³-hybridized carbons (Fsp3) is 0.750. The van der Waals surface area contributed by atoms with Gasteiger partial charge in [0.05, 0.1) is 11.9 Å². The lowest BCUT2D eigenvalue weighted by Crippen LogP contribution is -2.72. The molecule has 1 aromatic rings. The van der Waals surface area contributed by atoms with E-state index >= 15 is 0 Å². The number of rotatable bonds is 3. The van der Waals surface area contributed by atoms with Crippen molar-refractivity contribution in [3.05, 3.63) is 17.6 Å². The number of nitrogens with zero attached hydrogens (tertiary/aromatic N) is 4. The zero-order chi connectivity index (χ0) is 17.7. The summed E-state index contributed by atoms with van der Waals surface area (Å²) in [6.07, 6.45) is -1.38. The summed E-state index contributed by atoms with van der Waals surface area (Å²) in [6.45, 7) is 7.46. The molecule has 4 rings (SSSR count). The first-order chi connectivity index (χ1) is 11.8. The van der Waals surface area contributed by atoms with Crippen LogP contribution in [0.15, 0.2) is 11.2 Å². The Balaban J connectivity index is 1.28. The van der Waals surface area contributed by atoms with Crippen LogP contribution in [-0.4, -0.2) is 64.6 Å². The topological polar surface area (TPSA) is 41.5 Å². The molecule has 3 fully saturated rings. The first kappa shape index (κ1) is 17.5. The van der Waals surface area contributed by atoms with E-state index in [2.05, 4.69) is 19.2 Å². The molecule has 5 nitrogen and oxygen atoms in total. The number of ether oxygens (including phenoxy) is 1. The molecule has 3 aliphatic heterocycles. The molecule has 138 valence electrons. The maximum Gasteiger partial charge on any atom is 0.434 e. The fourth-order valence-electron chi connectivity index (χ4n) is 3.91.